The van der Waals surface area contributed by atoms with Crippen molar-refractivity contribution < 1.29 is 0 Å². The molecule has 0 amide bonds. The van der Waals surface area contributed by atoms with Crippen LogP contribution in [0.2, 0.25) is 0 Å². The molecule has 0 aliphatic carbocycles. The SMILES string of the molecule is Cc1ccccc1-c1ccc2c(c1)c1ccccc1n2-c1ccc(-c2ccccc2C#N)cc1-c1cccc(-n2c3ccccc3c3cc(-c4ccccc4C)ccc32)c1-c1nc(-c2ccccc2)nc(-c2ccccc2)n1. The van der Waals surface area contributed by atoms with Gasteiger partial charge in [0.1, 0.15) is 0 Å². The molecular weight excluding hydrogens is 949 g/mol. The number of benzene rings is 11. The van der Waals surface area contributed by atoms with E-state index in [-0.39, 0.29) is 0 Å². The number of fused-ring (bicyclic) bond motifs is 6. The van der Waals surface area contributed by atoms with E-state index >= 15 is 0 Å². The van der Waals surface area contributed by atoms with Crippen molar-refractivity contribution in [1.29, 1.82) is 5.26 Å². The maximum Gasteiger partial charge on any atom is 0.166 e. The van der Waals surface area contributed by atoms with Crippen LogP contribution in [0.15, 0.2) is 255 Å². The first kappa shape index (κ1) is 46.1. The van der Waals surface area contributed by atoms with Gasteiger partial charge in [-0.25, -0.2) is 15.0 Å². The Labute approximate surface area is 452 Å². The highest BCUT2D eigenvalue weighted by Crippen LogP contribution is 2.46. The molecule has 0 fully saturated rings. The number of aromatic nitrogens is 5. The third kappa shape index (κ3) is 7.76. The molecule has 3 heterocycles. The lowest BCUT2D eigenvalue weighted by Gasteiger charge is -2.21. The first-order valence-corrected chi connectivity index (χ1v) is 26.3. The predicted octanol–water partition coefficient (Wildman–Crippen LogP) is 18.2. The highest BCUT2D eigenvalue weighted by atomic mass is 15.1. The molecule has 6 heteroatoms. The van der Waals surface area contributed by atoms with Crippen LogP contribution in [-0.2, 0) is 0 Å². The van der Waals surface area contributed by atoms with Gasteiger partial charge in [0.25, 0.3) is 0 Å². The van der Waals surface area contributed by atoms with E-state index in [1.807, 2.05) is 60.7 Å². The molecule has 0 saturated heterocycles. The molecule has 78 heavy (non-hydrogen) atoms. The summed E-state index contributed by atoms with van der Waals surface area (Å²) < 4.78 is 4.80. The number of para-hydroxylation sites is 2. The second-order valence-corrected chi connectivity index (χ2v) is 19.9. The van der Waals surface area contributed by atoms with Crippen LogP contribution in [0.4, 0.5) is 0 Å². The maximum atomic E-state index is 10.6. The Balaban J connectivity index is 1.12. The van der Waals surface area contributed by atoms with Crippen molar-refractivity contribution in [2.75, 3.05) is 0 Å². The Kier molecular flexibility index (Phi) is 11.2. The van der Waals surface area contributed by atoms with E-state index in [9.17, 15) is 5.26 Å². The molecule has 0 aliphatic rings. The number of nitriles is 1. The van der Waals surface area contributed by atoms with Gasteiger partial charge in [-0.15, -0.1) is 0 Å². The minimum Gasteiger partial charge on any atom is -0.309 e. The van der Waals surface area contributed by atoms with Crippen LogP contribution in [0.1, 0.15) is 16.7 Å². The molecule has 0 bridgehead atoms. The van der Waals surface area contributed by atoms with Crippen LogP contribution >= 0.6 is 0 Å². The van der Waals surface area contributed by atoms with Crippen molar-refractivity contribution >= 4 is 43.6 Å². The van der Waals surface area contributed by atoms with E-state index in [4.69, 9.17) is 15.0 Å². The van der Waals surface area contributed by atoms with Gasteiger partial charge in [-0.1, -0.05) is 194 Å². The Hall–Kier alpha value is -10.5. The first-order valence-electron chi connectivity index (χ1n) is 26.3. The molecule has 14 aromatic rings. The molecule has 0 unspecified atom stereocenters. The normalized spacial score (nSPS) is 11.4. The Morgan fingerprint density at radius 3 is 1.31 bits per heavy atom. The number of rotatable bonds is 9. The number of hydrogen-bond acceptors (Lipinski definition) is 4. The smallest absolute Gasteiger partial charge is 0.166 e. The summed E-state index contributed by atoms with van der Waals surface area (Å²) in [6, 6.07) is 92.2. The monoisotopic (exact) mass is 996 g/mol. The topological polar surface area (TPSA) is 72.3 Å². The Morgan fingerprint density at radius 1 is 0.308 bits per heavy atom. The van der Waals surface area contributed by atoms with Gasteiger partial charge in [0, 0.05) is 38.2 Å². The highest BCUT2D eigenvalue weighted by molar-refractivity contribution is 6.13. The van der Waals surface area contributed by atoms with Crippen molar-refractivity contribution in [3.63, 3.8) is 0 Å². The molecule has 14 rings (SSSR count). The predicted molar refractivity (Wildman–Crippen MR) is 321 cm³/mol. The van der Waals surface area contributed by atoms with Crippen molar-refractivity contribution in [3.8, 4) is 96.1 Å². The summed E-state index contributed by atoms with van der Waals surface area (Å²) in [5.74, 6) is 1.65. The molecule has 0 saturated carbocycles. The summed E-state index contributed by atoms with van der Waals surface area (Å²) >= 11 is 0. The van der Waals surface area contributed by atoms with Gasteiger partial charge in [-0.3, -0.25) is 0 Å². The molecule has 0 aliphatic heterocycles. The molecule has 0 N–H and O–H groups in total. The van der Waals surface area contributed by atoms with Crippen molar-refractivity contribution in [2.45, 2.75) is 13.8 Å². The minimum atomic E-state index is 0.523. The van der Waals surface area contributed by atoms with Crippen molar-refractivity contribution in [2.24, 2.45) is 0 Å². The fourth-order valence-corrected chi connectivity index (χ4v) is 11.6. The Morgan fingerprint density at radius 2 is 0.744 bits per heavy atom. The van der Waals surface area contributed by atoms with E-state index < -0.39 is 0 Å². The maximum absolute atomic E-state index is 10.6. The number of nitrogens with zero attached hydrogens (tertiary/aromatic N) is 6. The molecule has 6 nitrogen and oxygen atoms in total. The van der Waals surface area contributed by atoms with E-state index in [1.54, 1.807) is 0 Å². The lowest BCUT2D eigenvalue weighted by Crippen LogP contribution is -2.06. The van der Waals surface area contributed by atoms with E-state index in [0.29, 0.717) is 23.0 Å². The summed E-state index contributed by atoms with van der Waals surface area (Å²) in [6.45, 7) is 4.35. The van der Waals surface area contributed by atoms with E-state index in [1.165, 1.54) is 22.3 Å². The largest absolute Gasteiger partial charge is 0.309 e. The van der Waals surface area contributed by atoms with Crippen molar-refractivity contribution in [3.05, 3.63) is 271 Å². The van der Waals surface area contributed by atoms with Gasteiger partial charge in [-0.05, 0) is 125 Å². The summed E-state index contributed by atoms with van der Waals surface area (Å²) in [5.41, 5.74) is 20.1. The molecule has 0 atom stereocenters. The number of aryl methyl sites for hydroxylation is 2. The highest BCUT2D eigenvalue weighted by Gasteiger charge is 2.26. The van der Waals surface area contributed by atoms with Crippen molar-refractivity contribution in [1.82, 2.24) is 24.1 Å². The average molecular weight is 997 g/mol. The summed E-state index contributed by atoms with van der Waals surface area (Å²) in [6.07, 6.45) is 0. The van der Waals surface area contributed by atoms with E-state index in [2.05, 4.69) is 223 Å². The second kappa shape index (κ2) is 19.0. The molecular formula is C72H48N6. The van der Waals surface area contributed by atoms with Crippen LogP contribution in [0.3, 0.4) is 0 Å². The summed E-state index contributed by atoms with van der Waals surface area (Å²) in [5, 5.41) is 15.2. The lowest BCUT2D eigenvalue weighted by atomic mass is 9.91. The fourth-order valence-electron chi connectivity index (χ4n) is 11.6. The van der Waals surface area contributed by atoms with Gasteiger partial charge >= 0.3 is 0 Å². The van der Waals surface area contributed by atoms with Gasteiger partial charge in [0.05, 0.1) is 50.6 Å². The zero-order valence-electron chi connectivity index (χ0n) is 42.9. The van der Waals surface area contributed by atoms with Gasteiger partial charge < -0.3 is 9.13 Å². The zero-order valence-corrected chi connectivity index (χ0v) is 42.9. The fraction of sp³-hybridized carbons (Fsp3) is 0.0278. The van der Waals surface area contributed by atoms with Crippen LogP contribution in [-0.4, -0.2) is 24.1 Å². The van der Waals surface area contributed by atoms with E-state index in [0.717, 1.165) is 105 Å². The third-order valence-corrected chi connectivity index (χ3v) is 15.3. The molecule has 11 aromatic carbocycles. The average Bonchev–Trinajstić information content (AvgIpc) is 4.15. The Bertz CT molecular complexity index is 4650. The van der Waals surface area contributed by atoms with Crippen LogP contribution in [0.5, 0.6) is 0 Å². The summed E-state index contributed by atoms with van der Waals surface area (Å²) in [7, 11) is 0. The lowest BCUT2D eigenvalue weighted by molar-refractivity contribution is 1.06. The van der Waals surface area contributed by atoms with Crippen LogP contribution in [0, 0.1) is 25.2 Å². The number of hydrogen-bond donors (Lipinski definition) is 0. The van der Waals surface area contributed by atoms with Gasteiger partial charge in [-0.2, -0.15) is 5.26 Å². The van der Waals surface area contributed by atoms with Gasteiger partial charge in [0.15, 0.2) is 17.5 Å². The molecule has 0 spiro atoms. The first-order chi connectivity index (χ1) is 38.5. The summed E-state index contributed by atoms with van der Waals surface area (Å²) in [4.78, 5) is 16.3. The zero-order chi connectivity index (χ0) is 52.3. The second-order valence-electron chi connectivity index (χ2n) is 19.9. The molecule has 366 valence electrons. The van der Waals surface area contributed by atoms with Gasteiger partial charge in [0.2, 0.25) is 0 Å². The quantitative estimate of drug-likeness (QED) is 0.144. The minimum absolute atomic E-state index is 0.523. The molecule has 0 radical (unpaired) electrons. The van der Waals surface area contributed by atoms with Crippen LogP contribution < -0.4 is 0 Å². The standard InChI is InChI=1S/C72H48N6/c1-46-20-9-12-27-54(46)50-36-39-65-60(42-50)57-30-15-17-33-63(57)77(65)67-41-38-52(56-29-14-11-26-53(56)45-73)44-62(67)59-32-19-35-68(69(59)72-75-70(48-22-5-3-6-23-48)74-71(76-72)49-24-7-4-8-25-49)78-64-34-18-16-31-58(64)61-43-51(37-40-66(61)78)55-28-13-10-21-47(55)2/h3-44H,1-2H3. The molecule has 3 aromatic heterocycles. The van der Waals surface area contributed by atoms with Crippen LogP contribution in [0.25, 0.3) is 134 Å². The third-order valence-electron chi connectivity index (χ3n) is 15.3.